The SMILES string of the molecule is CCCCC(=Cc1cc(C)cc(=O)n1O)CCCC. The summed E-state index contributed by atoms with van der Waals surface area (Å²) in [7, 11) is 0. The van der Waals surface area contributed by atoms with Gasteiger partial charge in [0, 0.05) is 6.07 Å². The predicted octanol–water partition coefficient (Wildman–Crippen LogP) is 4.16. The minimum Gasteiger partial charge on any atom is -0.425 e. The molecule has 0 aliphatic rings. The molecular weight excluding hydrogens is 238 g/mol. The molecule has 1 aromatic heterocycles. The summed E-state index contributed by atoms with van der Waals surface area (Å²) in [5.74, 6) is 0. The topological polar surface area (TPSA) is 42.2 Å². The van der Waals surface area contributed by atoms with Crippen LogP contribution in [0.5, 0.6) is 0 Å². The summed E-state index contributed by atoms with van der Waals surface area (Å²) in [6.07, 6.45) is 8.66. The lowest BCUT2D eigenvalue weighted by atomic mass is 10.0. The number of nitrogens with zero attached hydrogens (tertiary/aromatic N) is 1. The number of unbranched alkanes of at least 4 members (excludes halogenated alkanes) is 2. The first-order valence-corrected chi connectivity index (χ1v) is 7.20. The lowest BCUT2D eigenvalue weighted by molar-refractivity contribution is 0.172. The van der Waals surface area contributed by atoms with Gasteiger partial charge in [-0.1, -0.05) is 32.3 Å². The second-order valence-electron chi connectivity index (χ2n) is 5.12. The lowest BCUT2D eigenvalue weighted by Gasteiger charge is -2.09. The van der Waals surface area contributed by atoms with Gasteiger partial charge in [0.05, 0.1) is 5.69 Å². The van der Waals surface area contributed by atoms with Crippen molar-refractivity contribution in [1.82, 2.24) is 4.73 Å². The highest BCUT2D eigenvalue weighted by Gasteiger charge is 2.04. The Morgan fingerprint density at radius 2 is 1.79 bits per heavy atom. The van der Waals surface area contributed by atoms with E-state index in [9.17, 15) is 10.0 Å². The summed E-state index contributed by atoms with van der Waals surface area (Å²) < 4.78 is 0.741. The van der Waals surface area contributed by atoms with Crippen LogP contribution in [-0.2, 0) is 0 Å². The van der Waals surface area contributed by atoms with Crippen LogP contribution in [0.15, 0.2) is 22.5 Å². The van der Waals surface area contributed by atoms with Gasteiger partial charge >= 0.3 is 0 Å². The second-order valence-corrected chi connectivity index (χ2v) is 5.12. The van der Waals surface area contributed by atoms with Crippen LogP contribution in [-0.4, -0.2) is 9.94 Å². The maximum Gasteiger partial charge on any atom is 0.283 e. The van der Waals surface area contributed by atoms with E-state index in [0.29, 0.717) is 5.69 Å². The molecule has 3 nitrogen and oxygen atoms in total. The maximum absolute atomic E-state index is 11.6. The van der Waals surface area contributed by atoms with Crippen molar-refractivity contribution in [2.45, 2.75) is 59.3 Å². The first-order valence-electron chi connectivity index (χ1n) is 7.20. The Morgan fingerprint density at radius 1 is 1.21 bits per heavy atom. The van der Waals surface area contributed by atoms with Crippen molar-refractivity contribution in [3.05, 3.63) is 39.3 Å². The molecule has 1 N–H and O–H groups in total. The molecule has 0 amide bonds. The minimum absolute atomic E-state index is 0.364. The van der Waals surface area contributed by atoms with Gasteiger partial charge in [0.2, 0.25) is 0 Å². The van der Waals surface area contributed by atoms with Crippen LogP contribution in [0.4, 0.5) is 0 Å². The normalized spacial score (nSPS) is 10.5. The Kier molecular flexibility index (Phi) is 6.40. The number of hydrogen-bond donors (Lipinski definition) is 1. The summed E-state index contributed by atoms with van der Waals surface area (Å²) in [6, 6.07) is 3.29. The third kappa shape index (κ3) is 4.93. The van der Waals surface area contributed by atoms with Gasteiger partial charge in [0.1, 0.15) is 0 Å². The standard InChI is InChI=1S/C16H25NO2/c1-4-6-8-14(9-7-5-2)12-15-10-13(3)11-16(18)17(15)19/h10-12,19H,4-9H2,1-3H3. The van der Waals surface area contributed by atoms with Crippen LogP contribution in [0.25, 0.3) is 6.08 Å². The fraction of sp³-hybridized carbons (Fsp3) is 0.562. The largest absolute Gasteiger partial charge is 0.425 e. The fourth-order valence-corrected chi connectivity index (χ4v) is 2.11. The first kappa shape index (κ1) is 15.5. The van der Waals surface area contributed by atoms with Crippen LogP contribution in [0.3, 0.4) is 0 Å². The zero-order valence-electron chi connectivity index (χ0n) is 12.3. The molecule has 0 fully saturated rings. The quantitative estimate of drug-likeness (QED) is 0.751. The van der Waals surface area contributed by atoms with Crippen molar-refractivity contribution in [3.8, 4) is 0 Å². The highest BCUT2D eigenvalue weighted by atomic mass is 16.5. The zero-order valence-corrected chi connectivity index (χ0v) is 12.3. The number of aromatic nitrogens is 1. The summed E-state index contributed by atoms with van der Waals surface area (Å²) in [6.45, 7) is 6.22. The van der Waals surface area contributed by atoms with Crippen molar-refractivity contribution < 1.29 is 5.21 Å². The van der Waals surface area contributed by atoms with E-state index < -0.39 is 0 Å². The lowest BCUT2D eigenvalue weighted by Crippen LogP contribution is -2.19. The molecule has 0 spiro atoms. The smallest absolute Gasteiger partial charge is 0.283 e. The van der Waals surface area contributed by atoms with Crippen molar-refractivity contribution in [3.63, 3.8) is 0 Å². The van der Waals surface area contributed by atoms with Gasteiger partial charge in [-0.3, -0.25) is 4.79 Å². The molecule has 0 aliphatic heterocycles. The Bertz CT molecular complexity index is 476. The third-order valence-electron chi connectivity index (χ3n) is 3.23. The van der Waals surface area contributed by atoms with Crippen molar-refractivity contribution >= 4 is 6.08 Å². The van der Waals surface area contributed by atoms with Crippen LogP contribution in [0, 0.1) is 6.92 Å². The van der Waals surface area contributed by atoms with Crippen LogP contribution < -0.4 is 5.56 Å². The molecular formula is C16H25NO2. The monoisotopic (exact) mass is 263 g/mol. The van der Waals surface area contributed by atoms with E-state index in [0.717, 1.165) is 48.8 Å². The van der Waals surface area contributed by atoms with E-state index in [1.165, 1.54) is 11.6 Å². The Balaban J connectivity index is 3.02. The molecule has 0 atom stereocenters. The van der Waals surface area contributed by atoms with Gasteiger partial charge in [-0.2, -0.15) is 0 Å². The Labute approximate surface area is 115 Å². The number of aryl methyl sites for hydroxylation is 1. The molecule has 0 unspecified atom stereocenters. The van der Waals surface area contributed by atoms with E-state index in [-0.39, 0.29) is 5.56 Å². The summed E-state index contributed by atoms with van der Waals surface area (Å²) in [5.41, 5.74) is 2.42. The predicted molar refractivity (Wildman–Crippen MR) is 79.7 cm³/mol. The van der Waals surface area contributed by atoms with Crippen molar-refractivity contribution in [2.75, 3.05) is 0 Å². The van der Waals surface area contributed by atoms with Gasteiger partial charge in [-0.15, -0.1) is 4.73 Å². The van der Waals surface area contributed by atoms with Crippen molar-refractivity contribution in [2.24, 2.45) is 0 Å². The summed E-state index contributed by atoms with van der Waals surface area (Å²) in [5, 5.41) is 9.78. The van der Waals surface area contributed by atoms with Crippen LogP contribution in [0.1, 0.15) is 63.6 Å². The van der Waals surface area contributed by atoms with Crippen molar-refractivity contribution in [1.29, 1.82) is 0 Å². The molecule has 1 aromatic rings. The molecule has 19 heavy (non-hydrogen) atoms. The third-order valence-corrected chi connectivity index (χ3v) is 3.23. The maximum atomic E-state index is 11.6. The first-order chi connectivity index (χ1) is 9.08. The Morgan fingerprint density at radius 3 is 2.32 bits per heavy atom. The molecule has 0 saturated carbocycles. The average Bonchev–Trinajstić information content (AvgIpc) is 2.38. The number of allylic oxidation sites excluding steroid dienone is 1. The molecule has 0 aromatic carbocycles. The minimum atomic E-state index is -0.364. The zero-order chi connectivity index (χ0) is 14.3. The molecule has 1 rings (SSSR count). The van der Waals surface area contributed by atoms with Crippen LogP contribution >= 0.6 is 0 Å². The fourth-order valence-electron chi connectivity index (χ4n) is 2.11. The number of pyridine rings is 1. The molecule has 0 saturated heterocycles. The Hall–Kier alpha value is -1.51. The number of hydrogen-bond acceptors (Lipinski definition) is 2. The van der Waals surface area contributed by atoms with Crippen LogP contribution in [0.2, 0.25) is 0 Å². The van der Waals surface area contributed by atoms with E-state index in [4.69, 9.17) is 0 Å². The number of rotatable bonds is 7. The molecule has 0 aliphatic carbocycles. The average molecular weight is 263 g/mol. The molecule has 106 valence electrons. The van der Waals surface area contributed by atoms with E-state index in [2.05, 4.69) is 13.8 Å². The van der Waals surface area contributed by atoms with Gasteiger partial charge in [-0.25, -0.2) is 0 Å². The van der Waals surface area contributed by atoms with E-state index in [1.807, 2.05) is 19.1 Å². The molecule has 1 heterocycles. The van der Waals surface area contributed by atoms with Gasteiger partial charge < -0.3 is 5.21 Å². The summed E-state index contributed by atoms with van der Waals surface area (Å²) in [4.78, 5) is 11.6. The highest BCUT2D eigenvalue weighted by molar-refractivity contribution is 5.50. The van der Waals surface area contributed by atoms with Gasteiger partial charge in [0.15, 0.2) is 0 Å². The van der Waals surface area contributed by atoms with Gasteiger partial charge in [-0.05, 0) is 50.3 Å². The highest BCUT2D eigenvalue weighted by Crippen LogP contribution is 2.18. The molecule has 0 radical (unpaired) electrons. The molecule has 3 heteroatoms. The summed E-state index contributed by atoms with van der Waals surface area (Å²) >= 11 is 0. The van der Waals surface area contributed by atoms with E-state index >= 15 is 0 Å². The molecule has 0 bridgehead atoms. The van der Waals surface area contributed by atoms with E-state index in [1.54, 1.807) is 0 Å². The second kappa shape index (κ2) is 7.82. The van der Waals surface area contributed by atoms with Gasteiger partial charge in [0.25, 0.3) is 5.56 Å².